The number of ether oxygens (including phenoxy) is 1. The summed E-state index contributed by atoms with van der Waals surface area (Å²) >= 11 is 0. The van der Waals surface area contributed by atoms with Gasteiger partial charge >= 0.3 is 0 Å². The standard InChI is InChI=1S/C12H25NO2/c1-12(2,3)11(14)5-4-6-13-7-9-15-10-8-13/h11,14H,4-10H2,1-3H3. The Balaban J connectivity index is 2.10. The number of nitrogens with zero attached hydrogens (tertiary/aromatic N) is 1. The molecule has 0 aromatic heterocycles. The number of hydrogen-bond acceptors (Lipinski definition) is 3. The molecular weight excluding hydrogens is 190 g/mol. The molecule has 0 bridgehead atoms. The van der Waals surface area contributed by atoms with Crippen molar-refractivity contribution in [3.8, 4) is 0 Å². The zero-order valence-electron chi connectivity index (χ0n) is 10.3. The molecule has 0 aromatic rings. The van der Waals surface area contributed by atoms with Crippen molar-refractivity contribution in [2.45, 2.75) is 39.7 Å². The zero-order valence-corrected chi connectivity index (χ0v) is 10.3. The van der Waals surface area contributed by atoms with E-state index in [4.69, 9.17) is 4.74 Å². The van der Waals surface area contributed by atoms with Gasteiger partial charge in [0.2, 0.25) is 0 Å². The lowest BCUT2D eigenvalue weighted by Gasteiger charge is -2.29. The first-order valence-electron chi connectivity index (χ1n) is 5.98. The van der Waals surface area contributed by atoms with Crippen LogP contribution in [0.15, 0.2) is 0 Å². The Morgan fingerprint density at radius 3 is 2.40 bits per heavy atom. The molecule has 3 heteroatoms. The third kappa shape index (κ3) is 4.96. The Morgan fingerprint density at radius 1 is 1.27 bits per heavy atom. The van der Waals surface area contributed by atoms with Crippen LogP contribution < -0.4 is 0 Å². The normalized spacial score (nSPS) is 21.6. The largest absolute Gasteiger partial charge is 0.393 e. The van der Waals surface area contributed by atoms with E-state index in [0.717, 1.165) is 45.7 Å². The topological polar surface area (TPSA) is 32.7 Å². The minimum Gasteiger partial charge on any atom is -0.393 e. The van der Waals surface area contributed by atoms with Crippen LogP contribution in [0.5, 0.6) is 0 Å². The highest BCUT2D eigenvalue weighted by Crippen LogP contribution is 2.22. The van der Waals surface area contributed by atoms with Crippen molar-refractivity contribution in [3.05, 3.63) is 0 Å². The molecule has 1 unspecified atom stereocenters. The van der Waals surface area contributed by atoms with Crippen molar-refractivity contribution in [3.63, 3.8) is 0 Å². The van der Waals surface area contributed by atoms with Gasteiger partial charge in [-0.05, 0) is 24.8 Å². The van der Waals surface area contributed by atoms with Crippen molar-refractivity contribution in [2.24, 2.45) is 5.41 Å². The van der Waals surface area contributed by atoms with E-state index in [1.165, 1.54) is 0 Å². The maximum atomic E-state index is 9.87. The average Bonchev–Trinajstić information content (AvgIpc) is 2.18. The molecular formula is C12H25NO2. The van der Waals surface area contributed by atoms with Crippen LogP contribution >= 0.6 is 0 Å². The van der Waals surface area contributed by atoms with Crippen LogP contribution in [0.1, 0.15) is 33.6 Å². The highest BCUT2D eigenvalue weighted by molar-refractivity contribution is 4.73. The summed E-state index contributed by atoms with van der Waals surface area (Å²) < 4.78 is 5.29. The van der Waals surface area contributed by atoms with Gasteiger partial charge in [0.15, 0.2) is 0 Å². The monoisotopic (exact) mass is 215 g/mol. The molecule has 1 aliphatic rings. The van der Waals surface area contributed by atoms with Crippen LogP contribution in [0.3, 0.4) is 0 Å². The first-order chi connectivity index (χ1) is 7.00. The second-order valence-corrected chi connectivity index (χ2v) is 5.48. The summed E-state index contributed by atoms with van der Waals surface area (Å²) in [6.45, 7) is 11.2. The van der Waals surface area contributed by atoms with Crippen molar-refractivity contribution in [2.75, 3.05) is 32.8 Å². The van der Waals surface area contributed by atoms with Crippen molar-refractivity contribution in [1.29, 1.82) is 0 Å². The highest BCUT2D eigenvalue weighted by atomic mass is 16.5. The summed E-state index contributed by atoms with van der Waals surface area (Å²) in [5, 5.41) is 9.87. The van der Waals surface area contributed by atoms with Crippen molar-refractivity contribution in [1.82, 2.24) is 4.90 Å². The van der Waals surface area contributed by atoms with Gasteiger partial charge in [0.05, 0.1) is 19.3 Å². The van der Waals surface area contributed by atoms with Crippen LogP contribution in [-0.2, 0) is 4.74 Å². The predicted octanol–water partition coefficient (Wildman–Crippen LogP) is 1.51. The molecule has 1 heterocycles. The fourth-order valence-electron chi connectivity index (χ4n) is 1.77. The lowest BCUT2D eigenvalue weighted by atomic mass is 9.86. The van der Waals surface area contributed by atoms with Gasteiger partial charge in [0.25, 0.3) is 0 Å². The van der Waals surface area contributed by atoms with Gasteiger partial charge < -0.3 is 9.84 Å². The van der Waals surface area contributed by atoms with Crippen LogP contribution in [0.25, 0.3) is 0 Å². The number of morpholine rings is 1. The van der Waals surface area contributed by atoms with Gasteiger partial charge in [-0.1, -0.05) is 20.8 Å². The molecule has 1 aliphatic heterocycles. The summed E-state index contributed by atoms with van der Waals surface area (Å²) in [4.78, 5) is 2.42. The van der Waals surface area contributed by atoms with E-state index < -0.39 is 0 Å². The van der Waals surface area contributed by atoms with Crippen molar-refractivity contribution < 1.29 is 9.84 Å². The molecule has 1 rings (SSSR count). The van der Waals surface area contributed by atoms with E-state index in [9.17, 15) is 5.11 Å². The van der Waals surface area contributed by atoms with Gasteiger partial charge in [-0.2, -0.15) is 0 Å². The van der Waals surface area contributed by atoms with Crippen LogP contribution in [0, 0.1) is 5.41 Å². The molecule has 15 heavy (non-hydrogen) atoms. The molecule has 0 spiro atoms. The zero-order chi connectivity index (χ0) is 11.3. The average molecular weight is 215 g/mol. The van der Waals surface area contributed by atoms with E-state index in [2.05, 4.69) is 25.7 Å². The first kappa shape index (κ1) is 12.9. The maximum absolute atomic E-state index is 9.87. The molecule has 0 aliphatic carbocycles. The Labute approximate surface area is 93.4 Å². The van der Waals surface area contributed by atoms with E-state index in [-0.39, 0.29) is 11.5 Å². The summed E-state index contributed by atoms with van der Waals surface area (Å²) in [6.07, 6.45) is 1.80. The summed E-state index contributed by atoms with van der Waals surface area (Å²) in [5.74, 6) is 0. The summed E-state index contributed by atoms with van der Waals surface area (Å²) in [6, 6.07) is 0. The van der Waals surface area contributed by atoms with Gasteiger partial charge in [-0.15, -0.1) is 0 Å². The van der Waals surface area contributed by atoms with Gasteiger partial charge in [-0.3, -0.25) is 4.90 Å². The summed E-state index contributed by atoms with van der Waals surface area (Å²) in [5.41, 5.74) is 0.0189. The van der Waals surface area contributed by atoms with Gasteiger partial charge in [0.1, 0.15) is 0 Å². The Hall–Kier alpha value is -0.120. The Morgan fingerprint density at radius 2 is 1.87 bits per heavy atom. The quantitative estimate of drug-likeness (QED) is 0.771. The molecule has 1 atom stereocenters. The van der Waals surface area contributed by atoms with E-state index in [0.29, 0.717) is 0 Å². The minimum atomic E-state index is -0.182. The van der Waals surface area contributed by atoms with Gasteiger partial charge in [0, 0.05) is 13.1 Å². The number of aliphatic hydroxyl groups is 1. The van der Waals surface area contributed by atoms with Gasteiger partial charge in [-0.25, -0.2) is 0 Å². The van der Waals surface area contributed by atoms with Crippen LogP contribution in [0.2, 0.25) is 0 Å². The molecule has 0 aromatic carbocycles. The molecule has 0 saturated carbocycles. The fourth-order valence-corrected chi connectivity index (χ4v) is 1.77. The molecule has 0 amide bonds. The molecule has 1 N–H and O–H groups in total. The summed E-state index contributed by atoms with van der Waals surface area (Å²) in [7, 11) is 0. The number of rotatable bonds is 4. The Bertz CT molecular complexity index is 171. The maximum Gasteiger partial charge on any atom is 0.0594 e. The first-order valence-corrected chi connectivity index (χ1v) is 5.98. The highest BCUT2D eigenvalue weighted by Gasteiger charge is 2.21. The second-order valence-electron chi connectivity index (χ2n) is 5.48. The van der Waals surface area contributed by atoms with Crippen molar-refractivity contribution >= 4 is 0 Å². The third-order valence-electron chi connectivity index (χ3n) is 3.06. The van der Waals surface area contributed by atoms with E-state index in [1.807, 2.05) is 0 Å². The predicted molar refractivity (Wildman–Crippen MR) is 62.0 cm³/mol. The second kappa shape index (κ2) is 5.83. The molecule has 90 valence electrons. The van der Waals surface area contributed by atoms with Crippen LogP contribution in [-0.4, -0.2) is 49.0 Å². The smallest absolute Gasteiger partial charge is 0.0594 e. The minimum absolute atomic E-state index is 0.0189. The van der Waals surface area contributed by atoms with Crippen LogP contribution in [0.4, 0.5) is 0 Å². The third-order valence-corrected chi connectivity index (χ3v) is 3.06. The SMILES string of the molecule is CC(C)(C)C(O)CCCN1CCOCC1. The van der Waals surface area contributed by atoms with E-state index >= 15 is 0 Å². The fraction of sp³-hybridized carbons (Fsp3) is 1.00. The lowest BCUT2D eigenvalue weighted by molar-refractivity contribution is 0.0269. The molecule has 1 fully saturated rings. The number of hydrogen-bond donors (Lipinski definition) is 1. The number of aliphatic hydroxyl groups excluding tert-OH is 1. The molecule has 1 saturated heterocycles. The lowest BCUT2D eigenvalue weighted by Crippen LogP contribution is -2.37. The van der Waals surface area contributed by atoms with E-state index in [1.54, 1.807) is 0 Å². The molecule has 0 radical (unpaired) electrons. The Kier molecular flexibility index (Phi) is 5.03. The molecule has 3 nitrogen and oxygen atoms in total.